The van der Waals surface area contributed by atoms with E-state index in [0.29, 0.717) is 5.02 Å². The molecule has 1 unspecified atom stereocenters. The van der Waals surface area contributed by atoms with Gasteiger partial charge in [0.1, 0.15) is 0 Å². The zero-order valence-electron chi connectivity index (χ0n) is 8.00. The van der Waals surface area contributed by atoms with Crippen LogP contribution in [-0.2, 0) is 11.2 Å². The lowest BCUT2D eigenvalue weighted by atomic mass is 10.00. The normalized spacial score (nSPS) is 19.4. The zero-order valence-corrected chi connectivity index (χ0v) is 8.75. The van der Waals surface area contributed by atoms with Crippen molar-refractivity contribution in [2.24, 2.45) is 5.73 Å². The van der Waals surface area contributed by atoms with Crippen LogP contribution in [0.5, 0.6) is 0 Å². The van der Waals surface area contributed by atoms with Gasteiger partial charge >= 0.3 is 6.09 Å². The predicted octanol–water partition coefficient (Wildman–Crippen LogP) is 1.58. The van der Waals surface area contributed by atoms with Crippen LogP contribution in [0.25, 0.3) is 0 Å². The number of carbonyl (C=O) groups excluding carboxylic acids is 1. The van der Waals surface area contributed by atoms with Crippen molar-refractivity contribution < 1.29 is 9.53 Å². The van der Waals surface area contributed by atoms with Crippen LogP contribution >= 0.6 is 11.6 Å². The summed E-state index contributed by atoms with van der Waals surface area (Å²) in [7, 11) is 0. The molecule has 80 valence electrons. The fourth-order valence-corrected chi connectivity index (χ4v) is 1.91. The molecule has 0 spiro atoms. The molecule has 3 N–H and O–H groups in total. The first-order chi connectivity index (χ1) is 7.16. The summed E-state index contributed by atoms with van der Waals surface area (Å²) >= 11 is 5.88. The third-order valence-corrected chi connectivity index (χ3v) is 2.58. The molecule has 1 aromatic carbocycles. The lowest BCUT2D eigenvalue weighted by molar-refractivity contribution is 0.0816. The van der Waals surface area contributed by atoms with Gasteiger partial charge in [0.2, 0.25) is 0 Å². The number of nitrogens with one attached hydrogen (secondary N) is 1. The predicted molar refractivity (Wildman–Crippen MR) is 56.6 cm³/mol. The number of hydrogen-bond acceptors (Lipinski definition) is 3. The molecule has 0 aliphatic carbocycles. The highest BCUT2D eigenvalue weighted by Gasteiger charge is 2.22. The minimum absolute atomic E-state index is 0.455. The first kappa shape index (κ1) is 10.3. The fourth-order valence-electron chi connectivity index (χ4n) is 1.72. The van der Waals surface area contributed by atoms with Crippen LogP contribution in [-0.4, -0.2) is 12.6 Å². The summed E-state index contributed by atoms with van der Waals surface area (Å²) in [5, 5.41) is 3.75. The Morgan fingerprint density at radius 2 is 2.40 bits per heavy atom. The smallest absolute Gasteiger partial charge is 0.406 e. The summed E-state index contributed by atoms with van der Waals surface area (Å²) in [6, 6.07) is 5.50. The van der Waals surface area contributed by atoms with Gasteiger partial charge in [0, 0.05) is 17.1 Å². The number of fused-ring (bicyclic) bond motifs is 1. The van der Waals surface area contributed by atoms with Gasteiger partial charge in [-0.05, 0) is 24.1 Å². The number of carbonyl (C=O) groups is 1. The van der Waals surface area contributed by atoms with Crippen LogP contribution in [0.2, 0.25) is 5.02 Å². The van der Waals surface area contributed by atoms with Crippen molar-refractivity contribution in [2.45, 2.75) is 12.6 Å². The number of nitrogens with two attached hydrogens (primary N) is 1. The molecule has 1 heterocycles. The van der Waals surface area contributed by atoms with Gasteiger partial charge in [-0.2, -0.15) is 0 Å². The molecular formula is C10H11ClN2O2. The van der Waals surface area contributed by atoms with E-state index in [-0.39, 0.29) is 0 Å². The highest BCUT2D eigenvalue weighted by Crippen LogP contribution is 2.26. The van der Waals surface area contributed by atoms with Crippen LogP contribution in [0.4, 0.5) is 4.79 Å². The Hall–Kier alpha value is -1.26. The largest absolute Gasteiger partial charge is 0.426 e. The van der Waals surface area contributed by atoms with Crippen molar-refractivity contribution in [3.8, 4) is 0 Å². The second-order valence-electron chi connectivity index (χ2n) is 3.36. The van der Waals surface area contributed by atoms with Gasteiger partial charge in [-0.25, -0.2) is 4.79 Å². The summed E-state index contributed by atoms with van der Waals surface area (Å²) in [6.45, 7) is 0.741. The molecule has 0 bridgehead atoms. The Kier molecular flexibility index (Phi) is 2.79. The Morgan fingerprint density at radius 3 is 3.13 bits per heavy atom. The number of ether oxygens (including phenoxy) is 1. The van der Waals surface area contributed by atoms with E-state index in [1.54, 1.807) is 6.07 Å². The summed E-state index contributed by atoms with van der Waals surface area (Å²) in [5.41, 5.74) is 6.99. The van der Waals surface area contributed by atoms with E-state index < -0.39 is 12.3 Å². The molecule has 15 heavy (non-hydrogen) atoms. The number of hydrogen-bond donors (Lipinski definition) is 2. The van der Waals surface area contributed by atoms with E-state index >= 15 is 0 Å². The van der Waals surface area contributed by atoms with Gasteiger partial charge in [0.05, 0.1) is 0 Å². The summed E-state index contributed by atoms with van der Waals surface area (Å²) in [5.74, 6) is 0. The average Bonchev–Trinajstić information content (AvgIpc) is 2.16. The Bertz CT molecular complexity index is 395. The molecule has 5 heteroatoms. The van der Waals surface area contributed by atoms with Gasteiger partial charge in [0.15, 0.2) is 6.23 Å². The number of benzene rings is 1. The molecule has 0 saturated heterocycles. The number of amides is 1. The first-order valence-electron chi connectivity index (χ1n) is 4.64. The molecule has 1 amide bonds. The van der Waals surface area contributed by atoms with E-state index in [0.717, 1.165) is 24.1 Å². The summed E-state index contributed by atoms with van der Waals surface area (Å²) in [6.07, 6.45) is -0.368. The molecule has 0 fully saturated rings. The second-order valence-corrected chi connectivity index (χ2v) is 3.80. The summed E-state index contributed by atoms with van der Waals surface area (Å²) < 4.78 is 4.94. The molecule has 1 aliphatic heterocycles. The maximum absolute atomic E-state index is 10.7. The van der Waals surface area contributed by atoms with Crippen molar-refractivity contribution in [1.82, 2.24) is 5.32 Å². The van der Waals surface area contributed by atoms with E-state index in [9.17, 15) is 4.79 Å². The average molecular weight is 227 g/mol. The SMILES string of the molecule is NC(=O)OC1NCCc2cc(Cl)ccc21. The Morgan fingerprint density at radius 1 is 1.60 bits per heavy atom. The Labute approximate surface area is 92.4 Å². The maximum atomic E-state index is 10.7. The highest BCUT2D eigenvalue weighted by atomic mass is 35.5. The van der Waals surface area contributed by atoms with Crippen LogP contribution in [0.1, 0.15) is 17.4 Å². The maximum Gasteiger partial charge on any atom is 0.406 e. The van der Waals surface area contributed by atoms with E-state index in [1.165, 1.54) is 0 Å². The molecule has 2 rings (SSSR count). The number of primary amides is 1. The lowest BCUT2D eigenvalue weighted by Crippen LogP contribution is -2.34. The molecule has 0 saturated carbocycles. The van der Waals surface area contributed by atoms with Crippen LogP contribution in [0.15, 0.2) is 18.2 Å². The molecule has 0 aromatic heterocycles. The fraction of sp³-hybridized carbons (Fsp3) is 0.300. The van der Waals surface area contributed by atoms with Crippen molar-refractivity contribution >= 4 is 17.7 Å². The molecule has 1 aliphatic rings. The van der Waals surface area contributed by atoms with E-state index in [2.05, 4.69) is 5.32 Å². The third kappa shape index (κ3) is 2.22. The van der Waals surface area contributed by atoms with Crippen molar-refractivity contribution in [1.29, 1.82) is 0 Å². The highest BCUT2D eigenvalue weighted by molar-refractivity contribution is 6.30. The standard InChI is InChI=1S/C10H11ClN2O2/c11-7-1-2-8-6(5-7)3-4-13-9(8)15-10(12)14/h1-2,5,9,13H,3-4H2,(H2,12,14). The zero-order chi connectivity index (χ0) is 10.8. The van der Waals surface area contributed by atoms with Crippen LogP contribution < -0.4 is 11.1 Å². The van der Waals surface area contributed by atoms with Gasteiger partial charge in [0.25, 0.3) is 0 Å². The molecular weight excluding hydrogens is 216 g/mol. The van der Waals surface area contributed by atoms with Gasteiger partial charge in [-0.1, -0.05) is 17.7 Å². The minimum Gasteiger partial charge on any atom is -0.426 e. The molecule has 1 aromatic rings. The van der Waals surface area contributed by atoms with Crippen molar-refractivity contribution in [2.75, 3.05) is 6.54 Å². The number of rotatable bonds is 1. The van der Waals surface area contributed by atoms with Gasteiger partial charge < -0.3 is 10.5 Å². The van der Waals surface area contributed by atoms with E-state index in [4.69, 9.17) is 22.1 Å². The third-order valence-electron chi connectivity index (χ3n) is 2.35. The van der Waals surface area contributed by atoms with Gasteiger partial charge in [-0.3, -0.25) is 5.32 Å². The monoisotopic (exact) mass is 226 g/mol. The first-order valence-corrected chi connectivity index (χ1v) is 5.02. The van der Waals surface area contributed by atoms with Crippen LogP contribution in [0, 0.1) is 0 Å². The molecule has 4 nitrogen and oxygen atoms in total. The van der Waals surface area contributed by atoms with Crippen molar-refractivity contribution in [3.05, 3.63) is 34.3 Å². The van der Waals surface area contributed by atoms with Crippen LogP contribution in [0.3, 0.4) is 0 Å². The second kappa shape index (κ2) is 4.08. The summed E-state index contributed by atoms with van der Waals surface area (Å²) in [4.78, 5) is 10.7. The lowest BCUT2D eigenvalue weighted by Gasteiger charge is -2.25. The van der Waals surface area contributed by atoms with E-state index in [1.807, 2.05) is 12.1 Å². The van der Waals surface area contributed by atoms with Gasteiger partial charge in [-0.15, -0.1) is 0 Å². The molecule has 0 radical (unpaired) electrons. The number of halogens is 1. The quantitative estimate of drug-likeness (QED) is 0.764. The Balaban J connectivity index is 2.30. The minimum atomic E-state index is -0.782. The van der Waals surface area contributed by atoms with Crippen molar-refractivity contribution in [3.63, 3.8) is 0 Å². The topological polar surface area (TPSA) is 64.4 Å². The molecule has 1 atom stereocenters.